The van der Waals surface area contributed by atoms with E-state index >= 15 is 0 Å². The second kappa shape index (κ2) is 8.57. The van der Waals surface area contributed by atoms with E-state index in [-0.39, 0.29) is 16.8 Å². The molecule has 0 atom stereocenters. The highest BCUT2D eigenvalue weighted by atomic mass is 16.5. The van der Waals surface area contributed by atoms with Gasteiger partial charge in [-0.05, 0) is 156 Å². The van der Waals surface area contributed by atoms with E-state index in [1.165, 1.54) is 27.3 Å². The third-order valence-corrected chi connectivity index (χ3v) is 6.15. The van der Waals surface area contributed by atoms with Gasteiger partial charge < -0.3 is 14.2 Å². The van der Waals surface area contributed by atoms with E-state index in [0.717, 1.165) is 39.0 Å². The SMILES string of the molecule is Cc1cc2c(cc1C)c1cc(OC(C)(C)C)c(OC(C)(C)C)cc1c1cc(OC(C)(C)C)c(C)cc21. The van der Waals surface area contributed by atoms with Crippen LogP contribution in [-0.2, 0) is 0 Å². The topological polar surface area (TPSA) is 27.7 Å². The highest BCUT2D eigenvalue weighted by molar-refractivity contribution is 6.26. The van der Waals surface area contributed by atoms with Gasteiger partial charge in [-0.3, -0.25) is 0 Å². The summed E-state index contributed by atoms with van der Waals surface area (Å²) in [6.07, 6.45) is 0. The highest BCUT2D eigenvalue weighted by Crippen LogP contribution is 2.45. The van der Waals surface area contributed by atoms with Gasteiger partial charge in [0.25, 0.3) is 0 Å². The molecule has 4 rings (SSSR count). The van der Waals surface area contributed by atoms with Crippen molar-refractivity contribution in [1.82, 2.24) is 0 Å². The summed E-state index contributed by atoms with van der Waals surface area (Å²) in [5, 5.41) is 7.16. The molecule has 0 aliphatic rings. The first-order chi connectivity index (χ1) is 16.4. The van der Waals surface area contributed by atoms with Gasteiger partial charge in [-0.1, -0.05) is 12.1 Å². The normalized spacial score (nSPS) is 13.0. The fourth-order valence-electron chi connectivity index (χ4n) is 4.66. The summed E-state index contributed by atoms with van der Waals surface area (Å²) in [6, 6.07) is 13.4. The maximum Gasteiger partial charge on any atom is 0.162 e. The molecule has 0 amide bonds. The molecular weight excluding hydrogens is 444 g/mol. The molecule has 0 fully saturated rings. The molecule has 3 heteroatoms. The lowest BCUT2D eigenvalue weighted by Gasteiger charge is -2.28. The number of aryl methyl sites for hydroxylation is 3. The number of ether oxygens (including phenoxy) is 3. The lowest BCUT2D eigenvalue weighted by molar-refractivity contribution is 0.0961. The Bertz CT molecular complexity index is 1450. The molecule has 0 saturated carbocycles. The van der Waals surface area contributed by atoms with Gasteiger partial charge in [0.1, 0.15) is 22.6 Å². The van der Waals surface area contributed by atoms with Gasteiger partial charge in [-0.2, -0.15) is 0 Å². The molecule has 0 aliphatic carbocycles. The lowest BCUT2D eigenvalue weighted by atomic mass is 9.90. The van der Waals surface area contributed by atoms with Crippen molar-refractivity contribution in [3.8, 4) is 17.2 Å². The number of benzene rings is 4. The van der Waals surface area contributed by atoms with Crippen LogP contribution in [0.1, 0.15) is 79.0 Å². The van der Waals surface area contributed by atoms with E-state index < -0.39 is 0 Å². The fraction of sp³-hybridized carbons (Fsp3) is 0.455. The highest BCUT2D eigenvalue weighted by Gasteiger charge is 2.23. The third kappa shape index (κ3) is 5.40. The Kier molecular flexibility index (Phi) is 6.22. The second-order valence-corrected chi connectivity index (χ2v) is 13.1. The number of hydrogen-bond acceptors (Lipinski definition) is 3. The van der Waals surface area contributed by atoms with Gasteiger partial charge >= 0.3 is 0 Å². The average molecular weight is 487 g/mol. The van der Waals surface area contributed by atoms with Crippen LogP contribution in [0.2, 0.25) is 0 Å². The molecular formula is C33H42O3. The fourth-order valence-corrected chi connectivity index (χ4v) is 4.66. The number of fused-ring (bicyclic) bond motifs is 6. The summed E-state index contributed by atoms with van der Waals surface area (Å²) >= 11 is 0. The smallest absolute Gasteiger partial charge is 0.162 e. The molecule has 4 aromatic carbocycles. The minimum atomic E-state index is -0.360. The van der Waals surface area contributed by atoms with Crippen molar-refractivity contribution in [3.05, 3.63) is 53.1 Å². The Balaban J connectivity index is 2.19. The average Bonchev–Trinajstić information content (AvgIpc) is 2.68. The molecule has 0 heterocycles. The maximum absolute atomic E-state index is 6.47. The zero-order chi connectivity index (χ0) is 26.8. The Morgan fingerprint density at radius 3 is 0.944 bits per heavy atom. The van der Waals surface area contributed by atoms with E-state index in [2.05, 4.69) is 119 Å². The number of hydrogen-bond donors (Lipinski definition) is 0. The molecule has 36 heavy (non-hydrogen) atoms. The minimum Gasteiger partial charge on any atom is -0.488 e. The first-order valence-electron chi connectivity index (χ1n) is 12.9. The van der Waals surface area contributed by atoms with Gasteiger partial charge in [-0.25, -0.2) is 0 Å². The van der Waals surface area contributed by atoms with Crippen LogP contribution in [0.15, 0.2) is 36.4 Å². The van der Waals surface area contributed by atoms with E-state index in [1.54, 1.807) is 0 Å². The van der Waals surface area contributed by atoms with E-state index in [0.29, 0.717) is 0 Å². The molecule has 0 saturated heterocycles. The van der Waals surface area contributed by atoms with Crippen molar-refractivity contribution < 1.29 is 14.2 Å². The lowest BCUT2D eigenvalue weighted by Crippen LogP contribution is -2.26. The minimum absolute atomic E-state index is 0.285. The van der Waals surface area contributed by atoms with Gasteiger partial charge in [0, 0.05) is 0 Å². The van der Waals surface area contributed by atoms with Crippen LogP contribution in [-0.4, -0.2) is 16.8 Å². The molecule has 0 aromatic heterocycles. The van der Waals surface area contributed by atoms with Crippen LogP contribution in [0.25, 0.3) is 32.3 Å². The van der Waals surface area contributed by atoms with Crippen molar-refractivity contribution in [2.75, 3.05) is 0 Å². The van der Waals surface area contributed by atoms with Crippen LogP contribution in [0.4, 0.5) is 0 Å². The molecule has 4 aromatic rings. The molecule has 0 unspecified atom stereocenters. The first-order valence-corrected chi connectivity index (χ1v) is 12.9. The van der Waals surface area contributed by atoms with Crippen LogP contribution in [0, 0.1) is 20.8 Å². The van der Waals surface area contributed by atoms with E-state index in [1.807, 2.05) is 0 Å². The first kappa shape index (κ1) is 26.1. The zero-order valence-corrected chi connectivity index (χ0v) is 24.2. The Hall–Kier alpha value is -2.94. The number of rotatable bonds is 3. The second-order valence-electron chi connectivity index (χ2n) is 13.1. The van der Waals surface area contributed by atoms with Crippen LogP contribution in [0.3, 0.4) is 0 Å². The summed E-state index contributed by atoms with van der Waals surface area (Å²) in [4.78, 5) is 0. The Labute approximate surface area is 216 Å². The molecule has 0 radical (unpaired) electrons. The molecule has 192 valence electrons. The molecule has 0 bridgehead atoms. The van der Waals surface area contributed by atoms with E-state index in [4.69, 9.17) is 14.2 Å². The van der Waals surface area contributed by atoms with Crippen molar-refractivity contribution in [2.24, 2.45) is 0 Å². The summed E-state index contributed by atoms with van der Waals surface area (Å²) in [7, 11) is 0. The Morgan fingerprint density at radius 1 is 0.361 bits per heavy atom. The molecule has 0 spiro atoms. The van der Waals surface area contributed by atoms with Gasteiger partial charge in [-0.15, -0.1) is 0 Å². The Morgan fingerprint density at radius 2 is 0.611 bits per heavy atom. The zero-order valence-electron chi connectivity index (χ0n) is 24.2. The predicted molar refractivity (Wildman–Crippen MR) is 154 cm³/mol. The van der Waals surface area contributed by atoms with Gasteiger partial charge in [0.2, 0.25) is 0 Å². The largest absolute Gasteiger partial charge is 0.488 e. The summed E-state index contributed by atoms with van der Waals surface area (Å²) in [6.45, 7) is 25.2. The van der Waals surface area contributed by atoms with Crippen molar-refractivity contribution >= 4 is 32.3 Å². The molecule has 0 aliphatic heterocycles. The summed E-state index contributed by atoms with van der Waals surface area (Å²) in [5.41, 5.74) is 2.70. The summed E-state index contributed by atoms with van der Waals surface area (Å²) in [5.74, 6) is 2.43. The van der Waals surface area contributed by atoms with Crippen LogP contribution >= 0.6 is 0 Å². The summed E-state index contributed by atoms with van der Waals surface area (Å²) < 4.78 is 19.3. The van der Waals surface area contributed by atoms with Crippen molar-refractivity contribution in [1.29, 1.82) is 0 Å². The standard InChI is InChI=1S/C33H42O3/c1-19-13-22-23(14-20(19)2)26-17-29(35-32(7,8)9)30(36-33(10,11)12)18-27(26)25-16-28(34-31(4,5)6)21(3)15-24(22)25/h13-18H,1-12H3. The van der Waals surface area contributed by atoms with Gasteiger partial charge in [0.05, 0.1) is 0 Å². The van der Waals surface area contributed by atoms with Crippen molar-refractivity contribution in [3.63, 3.8) is 0 Å². The van der Waals surface area contributed by atoms with E-state index in [9.17, 15) is 0 Å². The quantitative estimate of drug-likeness (QED) is 0.270. The maximum atomic E-state index is 6.47. The molecule has 3 nitrogen and oxygen atoms in total. The van der Waals surface area contributed by atoms with Gasteiger partial charge in [0.15, 0.2) is 11.5 Å². The molecule has 0 N–H and O–H groups in total. The third-order valence-electron chi connectivity index (χ3n) is 6.15. The predicted octanol–water partition coefficient (Wildman–Crippen LogP) is 9.60. The van der Waals surface area contributed by atoms with Crippen LogP contribution < -0.4 is 14.2 Å². The monoisotopic (exact) mass is 486 g/mol. The van der Waals surface area contributed by atoms with Crippen molar-refractivity contribution in [2.45, 2.75) is 99.9 Å². The van der Waals surface area contributed by atoms with Crippen LogP contribution in [0.5, 0.6) is 17.2 Å².